The highest BCUT2D eigenvalue weighted by molar-refractivity contribution is 7.92. The fraction of sp³-hybridized carbons (Fsp3) is 0. The molecule has 0 aliphatic carbocycles. The van der Waals surface area contributed by atoms with Crippen LogP contribution in [-0.2, 0) is 10.0 Å². The van der Waals surface area contributed by atoms with Crippen LogP contribution in [0.4, 0.5) is 17.1 Å². The topological polar surface area (TPSA) is 134 Å². The van der Waals surface area contributed by atoms with E-state index >= 15 is 0 Å². The van der Waals surface area contributed by atoms with Crippen molar-refractivity contribution in [1.29, 1.82) is 0 Å². The predicted octanol–water partition coefficient (Wildman–Crippen LogP) is 4.20. The molecule has 3 aromatic rings. The molecule has 0 fully saturated rings. The van der Waals surface area contributed by atoms with Crippen molar-refractivity contribution in [3.63, 3.8) is 0 Å². The van der Waals surface area contributed by atoms with Crippen molar-refractivity contribution in [2.24, 2.45) is 5.10 Å². The van der Waals surface area contributed by atoms with E-state index in [0.29, 0.717) is 10.6 Å². The second-order valence-corrected chi connectivity index (χ2v) is 8.07. The van der Waals surface area contributed by atoms with Crippen LogP contribution in [0.1, 0.15) is 5.56 Å². The second-order valence-electron chi connectivity index (χ2n) is 5.98. The van der Waals surface area contributed by atoms with Gasteiger partial charge in [0, 0.05) is 28.4 Å². The Labute approximate surface area is 176 Å². The zero-order chi connectivity index (χ0) is 21.7. The van der Waals surface area contributed by atoms with Gasteiger partial charge in [-0.15, -0.1) is 0 Å². The molecule has 3 aromatic carbocycles. The SMILES string of the molecule is O=[N+]([O-])c1ccc(NN=Cc2ccccc2O)c(S(=O)(=O)Nc2ccc(Cl)cc2)c1. The van der Waals surface area contributed by atoms with Gasteiger partial charge in [0.1, 0.15) is 10.6 Å². The van der Waals surface area contributed by atoms with Crippen LogP contribution in [0.5, 0.6) is 5.75 Å². The summed E-state index contributed by atoms with van der Waals surface area (Å²) in [5.74, 6) is -0.0102. The molecule has 0 saturated heterocycles. The average molecular weight is 447 g/mol. The predicted molar refractivity (Wildman–Crippen MR) is 115 cm³/mol. The fourth-order valence-electron chi connectivity index (χ4n) is 2.44. The normalized spacial score (nSPS) is 11.4. The van der Waals surface area contributed by atoms with Crippen molar-refractivity contribution in [2.45, 2.75) is 4.90 Å². The molecule has 9 nitrogen and oxygen atoms in total. The van der Waals surface area contributed by atoms with Crippen LogP contribution >= 0.6 is 11.6 Å². The van der Waals surface area contributed by atoms with Crippen LogP contribution < -0.4 is 10.1 Å². The quantitative estimate of drug-likeness (QED) is 0.283. The van der Waals surface area contributed by atoms with E-state index in [4.69, 9.17) is 11.6 Å². The van der Waals surface area contributed by atoms with Crippen LogP contribution in [-0.4, -0.2) is 24.7 Å². The van der Waals surface area contributed by atoms with Crippen molar-refractivity contribution in [3.05, 3.63) is 87.4 Å². The number of halogens is 1. The molecule has 3 N–H and O–H groups in total. The number of rotatable bonds is 7. The number of hydrogen-bond acceptors (Lipinski definition) is 7. The molecule has 11 heteroatoms. The third kappa shape index (κ3) is 5.04. The van der Waals surface area contributed by atoms with Gasteiger partial charge < -0.3 is 5.11 Å². The highest BCUT2D eigenvalue weighted by atomic mass is 35.5. The molecule has 154 valence electrons. The van der Waals surface area contributed by atoms with Gasteiger partial charge in [0.15, 0.2) is 0 Å². The third-order valence-corrected chi connectivity index (χ3v) is 5.56. The van der Waals surface area contributed by atoms with Crippen molar-refractivity contribution in [3.8, 4) is 5.75 Å². The molecule has 0 unspecified atom stereocenters. The molecule has 0 spiro atoms. The van der Waals surface area contributed by atoms with Crippen molar-refractivity contribution < 1.29 is 18.4 Å². The molecule has 0 amide bonds. The van der Waals surface area contributed by atoms with Crippen LogP contribution in [0.2, 0.25) is 5.02 Å². The number of aromatic hydroxyl groups is 1. The van der Waals surface area contributed by atoms with Crippen LogP contribution in [0.15, 0.2) is 76.7 Å². The van der Waals surface area contributed by atoms with E-state index in [0.717, 1.165) is 12.1 Å². The van der Waals surface area contributed by atoms with Gasteiger partial charge in [-0.3, -0.25) is 20.3 Å². The maximum atomic E-state index is 12.9. The molecule has 0 atom stereocenters. The maximum Gasteiger partial charge on any atom is 0.270 e. The zero-order valence-electron chi connectivity index (χ0n) is 15.2. The van der Waals surface area contributed by atoms with Crippen molar-refractivity contribution >= 4 is 44.9 Å². The van der Waals surface area contributed by atoms with Gasteiger partial charge in [-0.25, -0.2) is 8.42 Å². The molecule has 30 heavy (non-hydrogen) atoms. The minimum absolute atomic E-state index is 0.00809. The lowest BCUT2D eigenvalue weighted by Crippen LogP contribution is -2.15. The number of anilines is 2. The van der Waals surface area contributed by atoms with Gasteiger partial charge in [0.05, 0.1) is 16.8 Å². The average Bonchev–Trinajstić information content (AvgIpc) is 2.71. The first-order valence-electron chi connectivity index (χ1n) is 8.40. The van der Waals surface area contributed by atoms with E-state index in [1.54, 1.807) is 18.2 Å². The molecule has 0 saturated carbocycles. The molecule has 0 heterocycles. The summed E-state index contributed by atoms with van der Waals surface area (Å²) in [5, 5.41) is 25.2. The number of hydrazone groups is 1. The molecule has 0 radical (unpaired) electrons. The summed E-state index contributed by atoms with van der Waals surface area (Å²) >= 11 is 5.80. The van der Waals surface area contributed by atoms with Gasteiger partial charge in [-0.1, -0.05) is 23.7 Å². The summed E-state index contributed by atoms with van der Waals surface area (Å²) in [6, 6.07) is 15.6. The Balaban J connectivity index is 1.94. The number of sulfonamides is 1. The summed E-state index contributed by atoms with van der Waals surface area (Å²) < 4.78 is 28.1. The maximum absolute atomic E-state index is 12.9. The minimum atomic E-state index is -4.20. The van der Waals surface area contributed by atoms with Crippen LogP contribution in [0.3, 0.4) is 0 Å². The van der Waals surface area contributed by atoms with Crippen molar-refractivity contribution in [2.75, 3.05) is 10.1 Å². The summed E-state index contributed by atoms with van der Waals surface area (Å²) in [6.07, 6.45) is 1.29. The first-order valence-corrected chi connectivity index (χ1v) is 10.3. The van der Waals surface area contributed by atoms with E-state index < -0.39 is 20.6 Å². The summed E-state index contributed by atoms with van der Waals surface area (Å²) in [5.41, 5.74) is 2.79. The first kappa shape index (κ1) is 21.1. The standard InChI is InChI=1S/C19H15ClN4O5S/c20-14-5-7-15(8-6-14)23-30(28,29)19-11-16(24(26)27)9-10-17(19)22-21-12-13-3-1-2-4-18(13)25/h1-12,22-23,25H. The van der Waals surface area contributed by atoms with Crippen molar-refractivity contribution in [1.82, 2.24) is 0 Å². The Morgan fingerprint density at radius 2 is 1.77 bits per heavy atom. The molecular weight excluding hydrogens is 432 g/mol. The highest BCUT2D eigenvalue weighted by Crippen LogP contribution is 2.28. The number of para-hydroxylation sites is 1. The summed E-state index contributed by atoms with van der Waals surface area (Å²) in [6.45, 7) is 0. The third-order valence-electron chi connectivity index (χ3n) is 3.89. The lowest BCUT2D eigenvalue weighted by molar-refractivity contribution is -0.385. The Hall–Kier alpha value is -3.63. The number of nitrogens with zero attached hydrogens (tertiary/aromatic N) is 2. The Morgan fingerprint density at radius 1 is 1.07 bits per heavy atom. The number of phenols is 1. The highest BCUT2D eigenvalue weighted by Gasteiger charge is 2.22. The molecule has 0 aromatic heterocycles. The number of phenolic OH excluding ortho intramolecular Hbond substituents is 1. The first-order chi connectivity index (χ1) is 14.3. The van der Waals surface area contributed by atoms with E-state index in [9.17, 15) is 23.6 Å². The minimum Gasteiger partial charge on any atom is -0.507 e. The summed E-state index contributed by atoms with van der Waals surface area (Å²) in [7, 11) is -4.20. The largest absolute Gasteiger partial charge is 0.507 e. The molecule has 0 aliphatic heterocycles. The Morgan fingerprint density at radius 3 is 2.43 bits per heavy atom. The number of benzene rings is 3. The van der Waals surface area contributed by atoms with E-state index in [1.165, 1.54) is 42.6 Å². The lowest BCUT2D eigenvalue weighted by Gasteiger charge is -2.12. The van der Waals surface area contributed by atoms with Gasteiger partial charge in [-0.05, 0) is 42.5 Å². The molecule has 0 bridgehead atoms. The second kappa shape index (κ2) is 8.80. The number of nitro benzene ring substituents is 1. The Bertz CT molecular complexity index is 1210. The van der Waals surface area contributed by atoms with Gasteiger partial charge in [-0.2, -0.15) is 5.10 Å². The number of non-ortho nitro benzene ring substituents is 1. The van der Waals surface area contributed by atoms with Crippen LogP contribution in [0.25, 0.3) is 0 Å². The smallest absolute Gasteiger partial charge is 0.270 e. The number of hydrogen-bond donors (Lipinski definition) is 3. The number of nitro groups is 1. The van der Waals surface area contributed by atoms with Gasteiger partial charge in [0.25, 0.3) is 15.7 Å². The lowest BCUT2D eigenvalue weighted by atomic mass is 10.2. The molecular formula is C19H15ClN4O5S. The van der Waals surface area contributed by atoms with Gasteiger partial charge in [0.2, 0.25) is 0 Å². The summed E-state index contributed by atoms with van der Waals surface area (Å²) in [4.78, 5) is 10.0. The van der Waals surface area contributed by atoms with Crippen LogP contribution in [0, 0.1) is 10.1 Å². The Kier molecular flexibility index (Phi) is 6.19. The van der Waals surface area contributed by atoms with Gasteiger partial charge >= 0.3 is 0 Å². The molecule has 0 aliphatic rings. The zero-order valence-corrected chi connectivity index (χ0v) is 16.8. The number of nitrogens with one attached hydrogen (secondary N) is 2. The van der Waals surface area contributed by atoms with E-state index in [2.05, 4.69) is 15.2 Å². The van der Waals surface area contributed by atoms with E-state index in [-0.39, 0.29) is 22.0 Å². The fourth-order valence-corrected chi connectivity index (χ4v) is 3.80. The molecule has 3 rings (SSSR count). The monoisotopic (exact) mass is 446 g/mol. The van der Waals surface area contributed by atoms with E-state index in [1.807, 2.05) is 0 Å².